The van der Waals surface area contributed by atoms with E-state index in [1.807, 2.05) is 78.4 Å². The zero-order valence-corrected chi connectivity index (χ0v) is 43.9. The number of carbonyl (C=O) groups is 3. The summed E-state index contributed by atoms with van der Waals surface area (Å²) in [5, 5.41) is 23.5. The Labute approximate surface area is 439 Å². The second kappa shape index (κ2) is 22.2. The smallest absolute Gasteiger partial charge is 0.258 e. The van der Waals surface area contributed by atoms with Crippen LogP contribution in [-0.2, 0) is 56.0 Å². The van der Waals surface area contributed by atoms with E-state index in [0.29, 0.717) is 94.7 Å². The molecule has 0 radical (unpaired) electrons. The number of aromatic hydroxyl groups is 1. The number of piperidine rings is 1. The Balaban J connectivity index is 1.05. The summed E-state index contributed by atoms with van der Waals surface area (Å²) in [7, 11) is 5.38. The largest absolute Gasteiger partial charge is 0.508 e. The number of likely N-dealkylation sites (tertiary alicyclic amines) is 1. The van der Waals surface area contributed by atoms with Gasteiger partial charge in [0.1, 0.15) is 35.6 Å². The predicted octanol–water partition coefficient (Wildman–Crippen LogP) is 8.04. The molecule has 0 bridgehead atoms. The van der Waals surface area contributed by atoms with Crippen molar-refractivity contribution in [3.8, 4) is 45.7 Å². The van der Waals surface area contributed by atoms with Crippen LogP contribution in [0.3, 0.4) is 0 Å². The van der Waals surface area contributed by atoms with Crippen molar-refractivity contribution >= 4 is 23.4 Å². The van der Waals surface area contributed by atoms with Crippen LogP contribution in [0.15, 0.2) is 84.9 Å². The van der Waals surface area contributed by atoms with E-state index in [1.54, 1.807) is 19.2 Å². The maximum absolute atomic E-state index is 16.1. The summed E-state index contributed by atoms with van der Waals surface area (Å²) in [6.07, 6.45) is 4.87. The van der Waals surface area contributed by atoms with Gasteiger partial charge in [-0.25, -0.2) is 0 Å². The molecule has 0 aliphatic carbocycles. The highest BCUT2D eigenvalue weighted by Crippen LogP contribution is 2.44. The molecule has 3 amide bonds. The van der Waals surface area contributed by atoms with Crippen LogP contribution < -0.4 is 14.8 Å². The Morgan fingerprint density at radius 2 is 1.56 bits per heavy atom. The summed E-state index contributed by atoms with van der Waals surface area (Å²) in [4.78, 5) is 54.1. The normalized spacial score (nSPS) is 17.0. The maximum Gasteiger partial charge on any atom is 0.258 e. The summed E-state index contributed by atoms with van der Waals surface area (Å²) < 4.78 is 21.2. The molecule has 0 saturated carbocycles. The maximum atomic E-state index is 16.1. The van der Waals surface area contributed by atoms with Gasteiger partial charge in [0, 0.05) is 117 Å². The number of carbonyl (C=O) groups excluding carboxylic acids is 3. The fourth-order valence-electron chi connectivity index (χ4n) is 11.6. The second-order valence-corrected chi connectivity index (χ2v) is 20.5. The SMILES string of the molecule is COc1cc(OCCN2CCOCC2)ccc1CC(=O)N1CCc2cc(-c3c(-c4cc(C#N)n(C)c4C)c(C(=O)Nc4ccc(O)cc4)c(C)n3C)c(C(=O)N3Cc4ccccc4C[C@H]3CN3CCCCC3)cc2C1. The monoisotopic (exact) mass is 1010 g/mol. The van der Waals surface area contributed by atoms with Gasteiger partial charge in [0.15, 0.2) is 0 Å². The van der Waals surface area contributed by atoms with E-state index in [0.717, 1.165) is 99.7 Å². The lowest BCUT2D eigenvalue weighted by atomic mass is 9.87. The molecule has 2 aromatic heterocycles. The number of nitrogens with one attached hydrogen (secondary N) is 1. The van der Waals surface area contributed by atoms with E-state index in [2.05, 4.69) is 50.4 Å². The Kier molecular flexibility index (Phi) is 15.1. The van der Waals surface area contributed by atoms with E-state index >= 15 is 4.79 Å². The number of benzene rings is 4. The van der Waals surface area contributed by atoms with Gasteiger partial charge >= 0.3 is 0 Å². The molecule has 4 aliphatic rings. The standard InChI is InChI=1S/C60H68N8O7/c1-39-51(33-47(35-61)63(39)3)57-56(59(71)62-46-14-16-49(69)17-15-46)40(2)64(4)58(57)52-30-42-19-22-67(55(70)32-43-13-18-50(34-54(43)73-5)75-28-25-65-23-26-74-27-24-65)36-45(42)31-53(52)60(72)68-37-44-12-8-7-11-41(44)29-48(68)38-66-20-9-6-10-21-66/h7-8,11-18,30-31,33-34,48,69H,6,9-10,19-29,32,36-38H2,1-5H3,(H,62,71)/t48-/m0/s1. The Hall–Kier alpha value is -7.38. The number of rotatable bonds is 14. The van der Waals surface area contributed by atoms with Gasteiger partial charge in [0.2, 0.25) is 5.91 Å². The van der Waals surface area contributed by atoms with Crippen LogP contribution in [0.1, 0.15) is 84.9 Å². The van der Waals surface area contributed by atoms with Crippen LogP contribution >= 0.6 is 0 Å². The van der Waals surface area contributed by atoms with Crippen molar-refractivity contribution in [3.63, 3.8) is 0 Å². The highest BCUT2D eigenvalue weighted by Gasteiger charge is 2.37. The van der Waals surface area contributed by atoms with Crippen LogP contribution in [-0.4, -0.2) is 130 Å². The predicted molar refractivity (Wildman–Crippen MR) is 288 cm³/mol. The Morgan fingerprint density at radius 1 is 0.800 bits per heavy atom. The summed E-state index contributed by atoms with van der Waals surface area (Å²) in [5.74, 6) is 0.810. The highest BCUT2D eigenvalue weighted by atomic mass is 16.5. The molecule has 2 saturated heterocycles. The lowest BCUT2D eigenvalue weighted by molar-refractivity contribution is -0.131. The molecule has 15 nitrogen and oxygen atoms in total. The zero-order valence-electron chi connectivity index (χ0n) is 43.9. The zero-order chi connectivity index (χ0) is 52.3. The molecule has 10 rings (SSSR count). The molecule has 0 unspecified atom stereocenters. The van der Waals surface area contributed by atoms with Gasteiger partial charge in [-0.15, -0.1) is 0 Å². The second-order valence-electron chi connectivity index (χ2n) is 20.5. The first-order chi connectivity index (χ1) is 36.4. The Morgan fingerprint density at radius 3 is 2.29 bits per heavy atom. The fraction of sp³-hybridized carbons (Fsp3) is 0.400. The number of nitriles is 1. The topological polar surface area (TPSA) is 158 Å². The molecule has 4 aromatic carbocycles. The fourth-order valence-corrected chi connectivity index (χ4v) is 11.6. The molecule has 2 fully saturated rings. The lowest BCUT2D eigenvalue weighted by Crippen LogP contribution is -2.51. The molecular weight excluding hydrogens is 945 g/mol. The molecule has 0 spiro atoms. The van der Waals surface area contributed by atoms with E-state index in [-0.39, 0.29) is 35.9 Å². The van der Waals surface area contributed by atoms with Gasteiger partial charge in [-0.3, -0.25) is 19.3 Å². The first kappa shape index (κ1) is 51.1. The van der Waals surface area contributed by atoms with Gasteiger partial charge in [-0.05, 0) is 123 Å². The number of fused-ring (bicyclic) bond motifs is 2. The highest BCUT2D eigenvalue weighted by molar-refractivity contribution is 6.14. The number of morpholine rings is 1. The minimum absolute atomic E-state index is 0.0522. The first-order valence-corrected chi connectivity index (χ1v) is 26.4. The molecule has 2 N–H and O–H groups in total. The number of ether oxygens (including phenoxy) is 3. The molecule has 390 valence electrons. The molecule has 1 atom stereocenters. The van der Waals surface area contributed by atoms with Gasteiger partial charge in [-0.1, -0.05) is 36.8 Å². The minimum atomic E-state index is -0.367. The van der Waals surface area contributed by atoms with Crippen LogP contribution in [0.25, 0.3) is 22.4 Å². The number of anilines is 1. The van der Waals surface area contributed by atoms with E-state index < -0.39 is 0 Å². The number of phenols is 1. The van der Waals surface area contributed by atoms with Crippen LogP contribution in [0.2, 0.25) is 0 Å². The number of amides is 3. The van der Waals surface area contributed by atoms with Crippen LogP contribution in [0, 0.1) is 25.2 Å². The third-order valence-electron chi connectivity index (χ3n) is 16.1. The average Bonchev–Trinajstić information content (AvgIpc) is 3.91. The van der Waals surface area contributed by atoms with Crippen molar-refractivity contribution in [2.45, 2.75) is 71.5 Å². The van der Waals surface area contributed by atoms with Gasteiger partial charge in [-0.2, -0.15) is 5.26 Å². The van der Waals surface area contributed by atoms with Crippen molar-refractivity contribution in [2.24, 2.45) is 14.1 Å². The molecule has 6 heterocycles. The average molecular weight is 1010 g/mol. The number of methoxy groups -OCH3 is 1. The lowest BCUT2D eigenvalue weighted by Gasteiger charge is -2.41. The summed E-state index contributed by atoms with van der Waals surface area (Å²) >= 11 is 0. The quantitative estimate of drug-likeness (QED) is 0.102. The molecule has 75 heavy (non-hydrogen) atoms. The number of hydrogen-bond donors (Lipinski definition) is 2. The van der Waals surface area contributed by atoms with Gasteiger partial charge < -0.3 is 48.5 Å². The molecular formula is C60H68N8O7. The number of phenolic OH excluding ortho intramolecular Hbond substituents is 1. The minimum Gasteiger partial charge on any atom is -0.508 e. The van der Waals surface area contributed by atoms with Crippen molar-refractivity contribution in [3.05, 3.63) is 141 Å². The molecule has 15 heteroatoms. The summed E-state index contributed by atoms with van der Waals surface area (Å²) in [5.41, 5.74) is 11.0. The van der Waals surface area contributed by atoms with Crippen molar-refractivity contribution in [1.82, 2.24) is 28.7 Å². The van der Waals surface area contributed by atoms with Crippen molar-refractivity contribution in [1.29, 1.82) is 5.26 Å². The van der Waals surface area contributed by atoms with Crippen molar-refractivity contribution in [2.75, 3.05) is 78.1 Å². The first-order valence-electron chi connectivity index (χ1n) is 26.4. The number of aromatic nitrogens is 2. The number of hydrogen-bond acceptors (Lipinski definition) is 10. The molecule has 6 aromatic rings. The summed E-state index contributed by atoms with van der Waals surface area (Å²) in [6, 6.07) is 28.6. The third-order valence-corrected chi connectivity index (χ3v) is 16.1. The summed E-state index contributed by atoms with van der Waals surface area (Å²) in [6.45, 7) is 12.4. The van der Waals surface area contributed by atoms with Crippen molar-refractivity contribution < 1.29 is 33.7 Å². The van der Waals surface area contributed by atoms with Gasteiger partial charge in [0.25, 0.3) is 11.8 Å². The van der Waals surface area contributed by atoms with E-state index in [4.69, 9.17) is 14.2 Å². The third kappa shape index (κ3) is 10.6. The van der Waals surface area contributed by atoms with Crippen LogP contribution in [0.5, 0.6) is 17.2 Å². The van der Waals surface area contributed by atoms with E-state index in [1.165, 1.54) is 24.1 Å². The van der Waals surface area contributed by atoms with E-state index in [9.17, 15) is 20.0 Å². The Bertz CT molecular complexity index is 3160. The van der Waals surface area contributed by atoms with Crippen LogP contribution in [0.4, 0.5) is 5.69 Å². The molecule has 4 aliphatic heterocycles. The van der Waals surface area contributed by atoms with Gasteiger partial charge in [0.05, 0.1) is 38.0 Å². The number of nitrogens with zero attached hydrogens (tertiary/aromatic N) is 7.